The van der Waals surface area contributed by atoms with Gasteiger partial charge < -0.3 is 10.6 Å². The molecule has 78 valence electrons. The molecular formula is C10H18N4. The highest BCUT2D eigenvalue weighted by atomic mass is 15.2. The number of nitrogens with zero attached hydrogens (tertiary/aromatic N) is 3. The van der Waals surface area contributed by atoms with E-state index in [-0.39, 0.29) is 0 Å². The minimum absolute atomic E-state index is 0.718. The van der Waals surface area contributed by atoms with Crippen molar-refractivity contribution in [1.29, 1.82) is 0 Å². The van der Waals surface area contributed by atoms with Crippen LogP contribution in [-0.4, -0.2) is 29.8 Å². The molecule has 0 bridgehead atoms. The molecule has 1 aromatic heterocycles. The summed E-state index contributed by atoms with van der Waals surface area (Å²) in [6.45, 7) is 6.74. The molecule has 0 aliphatic carbocycles. The second-order valence-corrected chi connectivity index (χ2v) is 3.31. The highest BCUT2D eigenvalue weighted by Crippen LogP contribution is 2.10. The number of rotatable bonds is 5. The molecule has 0 aliphatic heterocycles. The van der Waals surface area contributed by atoms with Crippen molar-refractivity contribution in [3.63, 3.8) is 0 Å². The van der Waals surface area contributed by atoms with Crippen LogP contribution in [0.15, 0.2) is 12.3 Å². The fraction of sp³-hybridized carbons (Fsp3) is 0.600. The predicted octanol–water partition coefficient (Wildman–Crippen LogP) is 0.960. The lowest BCUT2D eigenvalue weighted by atomic mass is 10.3. The van der Waals surface area contributed by atoms with Crippen molar-refractivity contribution in [3.05, 3.63) is 17.8 Å². The molecule has 4 heteroatoms. The van der Waals surface area contributed by atoms with Crippen LogP contribution in [0.25, 0.3) is 0 Å². The molecule has 0 aromatic carbocycles. The minimum atomic E-state index is 0.718. The molecule has 0 atom stereocenters. The number of aryl methyl sites for hydroxylation is 1. The first-order valence-electron chi connectivity index (χ1n) is 5.02. The van der Waals surface area contributed by atoms with Crippen molar-refractivity contribution in [3.8, 4) is 0 Å². The van der Waals surface area contributed by atoms with Gasteiger partial charge in [-0.25, -0.2) is 0 Å². The van der Waals surface area contributed by atoms with Gasteiger partial charge >= 0.3 is 0 Å². The van der Waals surface area contributed by atoms with Crippen LogP contribution in [0.4, 0.5) is 5.82 Å². The first-order valence-corrected chi connectivity index (χ1v) is 5.02. The van der Waals surface area contributed by atoms with Gasteiger partial charge in [0, 0.05) is 13.1 Å². The Hall–Kier alpha value is -1.16. The number of hydrogen-bond acceptors (Lipinski definition) is 4. The fourth-order valence-corrected chi connectivity index (χ4v) is 1.32. The lowest BCUT2D eigenvalue weighted by Gasteiger charge is -2.20. The summed E-state index contributed by atoms with van der Waals surface area (Å²) >= 11 is 0. The van der Waals surface area contributed by atoms with Gasteiger partial charge in [0.25, 0.3) is 0 Å². The highest BCUT2D eigenvalue weighted by molar-refractivity contribution is 5.38. The molecule has 0 fully saturated rings. The van der Waals surface area contributed by atoms with E-state index in [9.17, 15) is 0 Å². The topological polar surface area (TPSA) is 55.0 Å². The Morgan fingerprint density at radius 1 is 1.50 bits per heavy atom. The van der Waals surface area contributed by atoms with Crippen molar-refractivity contribution in [2.24, 2.45) is 5.73 Å². The van der Waals surface area contributed by atoms with E-state index in [0.29, 0.717) is 0 Å². The van der Waals surface area contributed by atoms with Crippen LogP contribution in [0, 0.1) is 6.92 Å². The summed E-state index contributed by atoms with van der Waals surface area (Å²) in [5.74, 6) is 0.945. The smallest absolute Gasteiger partial charge is 0.151 e. The molecule has 0 amide bonds. The van der Waals surface area contributed by atoms with Crippen LogP contribution in [0.3, 0.4) is 0 Å². The molecule has 1 rings (SSSR count). The highest BCUT2D eigenvalue weighted by Gasteiger charge is 2.04. The molecule has 4 nitrogen and oxygen atoms in total. The van der Waals surface area contributed by atoms with Crippen LogP contribution in [-0.2, 0) is 0 Å². The molecule has 0 unspecified atom stereocenters. The van der Waals surface area contributed by atoms with Gasteiger partial charge in [-0.2, -0.15) is 5.10 Å². The Morgan fingerprint density at radius 3 is 2.86 bits per heavy atom. The summed E-state index contributed by atoms with van der Waals surface area (Å²) < 4.78 is 0. The first kappa shape index (κ1) is 10.9. The number of hydrogen-bond donors (Lipinski definition) is 1. The van der Waals surface area contributed by atoms with Gasteiger partial charge in [0.15, 0.2) is 5.82 Å². The molecule has 1 heterocycles. The Morgan fingerprint density at radius 2 is 2.29 bits per heavy atom. The Labute approximate surface area is 85.1 Å². The van der Waals surface area contributed by atoms with Crippen LogP contribution in [0.2, 0.25) is 0 Å². The average molecular weight is 194 g/mol. The summed E-state index contributed by atoms with van der Waals surface area (Å²) in [6, 6.07) is 2.05. The fourth-order valence-electron chi connectivity index (χ4n) is 1.32. The van der Waals surface area contributed by atoms with E-state index in [1.165, 1.54) is 0 Å². The molecular weight excluding hydrogens is 176 g/mol. The maximum absolute atomic E-state index is 5.48. The Bertz CT molecular complexity index is 275. The third-order valence-electron chi connectivity index (χ3n) is 2.12. The summed E-state index contributed by atoms with van der Waals surface area (Å²) in [6.07, 6.45) is 2.75. The Kier molecular flexibility index (Phi) is 4.32. The quantitative estimate of drug-likeness (QED) is 0.758. The normalized spacial score (nSPS) is 10.2. The van der Waals surface area contributed by atoms with Crippen molar-refractivity contribution in [2.45, 2.75) is 20.3 Å². The third-order valence-corrected chi connectivity index (χ3v) is 2.12. The number of nitrogens with two attached hydrogens (primary N) is 1. The van der Waals surface area contributed by atoms with E-state index < -0.39 is 0 Å². The van der Waals surface area contributed by atoms with Crippen molar-refractivity contribution < 1.29 is 0 Å². The van der Waals surface area contributed by atoms with Crippen LogP contribution < -0.4 is 10.6 Å². The lowest BCUT2D eigenvalue weighted by molar-refractivity contribution is 0.736. The van der Waals surface area contributed by atoms with E-state index in [1.54, 1.807) is 6.20 Å². The van der Waals surface area contributed by atoms with E-state index in [2.05, 4.69) is 22.0 Å². The predicted molar refractivity (Wildman–Crippen MR) is 58.3 cm³/mol. The summed E-state index contributed by atoms with van der Waals surface area (Å²) in [5, 5.41) is 8.04. The zero-order chi connectivity index (χ0) is 10.4. The first-order chi connectivity index (χ1) is 6.77. The van der Waals surface area contributed by atoms with Crippen LogP contribution >= 0.6 is 0 Å². The van der Waals surface area contributed by atoms with E-state index in [0.717, 1.165) is 37.4 Å². The van der Waals surface area contributed by atoms with E-state index in [1.807, 2.05) is 13.0 Å². The van der Waals surface area contributed by atoms with Gasteiger partial charge in [-0.3, -0.25) is 0 Å². The van der Waals surface area contributed by atoms with E-state index in [4.69, 9.17) is 5.73 Å². The zero-order valence-electron chi connectivity index (χ0n) is 8.90. The van der Waals surface area contributed by atoms with Gasteiger partial charge in [0.1, 0.15) is 0 Å². The number of anilines is 1. The molecule has 1 aromatic rings. The molecule has 0 aliphatic rings. The van der Waals surface area contributed by atoms with Crippen LogP contribution in [0.1, 0.15) is 18.9 Å². The maximum atomic E-state index is 5.48. The Balaban J connectivity index is 2.68. The maximum Gasteiger partial charge on any atom is 0.151 e. The molecule has 0 saturated carbocycles. The van der Waals surface area contributed by atoms with Crippen LogP contribution in [0.5, 0.6) is 0 Å². The molecule has 2 N–H and O–H groups in total. The standard InChI is InChI=1S/C10H18N4/c1-3-14(6-4-5-11)10-7-9(2)8-12-13-10/h7-8H,3-6,11H2,1-2H3. The van der Waals surface area contributed by atoms with Gasteiger partial charge in [-0.15, -0.1) is 5.10 Å². The summed E-state index contributed by atoms with van der Waals surface area (Å²) in [5.41, 5.74) is 6.62. The van der Waals surface area contributed by atoms with Gasteiger partial charge in [0.2, 0.25) is 0 Å². The minimum Gasteiger partial charge on any atom is -0.355 e. The van der Waals surface area contributed by atoms with Gasteiger partial charge in [-0.1, -0.05) is 0 Å². The molecule has 0 saturated heterocycles. The summed E-state index contributed by atoms with van der Waals surface area (Å²) in [4.78, 5) is 2.19. The van der Waals surface area contributed by atoms with Crippen molar-refractivity contribution in [2.75, 3.05) is 24.5 Å². The van der Waals surface area contributed by atoms with Gasteiger partial charge in [-0.05, 0) is 38.4 Å². The second kappa shape index (κ2) is 5.54. The summed E-state index contributed by atoms with van der Waals surface area (Å²) in [7, 11) is 0. The van der Waals surface area contributed by atoms with Crippen molar-refractivity contribution in [1.82, 2.24) is 10.2 Å². The molecule has 0 spiro atoms. The molecule has 14 heavy (non-hydrogen) atoms. The number of aromatic nitrogens is 2. The monoisotopic (exact) mass is 194 g/mol. The lowest BCUT2D eigenvalue weighted by Crippen LogP contribution is -2.26. The van der Waals surface area contributed by atoms with E-state index >= 15 is 0 Å². The largest absolute Gasteiger partial charge is 0.355 e. The second-order valence-electron chi connectivity index (χ2n) is 3.31. The SMILES string of the molecule is CCN(CCCN)c1cc(C)cnn1. The molecule has 0 radical (unpaired) electrons. The van der Waals surface area contributed by atoms with Crippen molar-refractivity contribution >= 4 is 5.82 Å². The third kappa shape index (κ3) is 2.96. The zero-order valence-corrected chi connectivity index (χ0v) is 8.90. The average Bonchev–Trinajstić information content (AvgIpc) is 2.19. The van der Waals surface area contributed by atoms with Gasteiger partial charge in [0.05, 0.1) is 6.20 Å².